The molecule has 0 N–H and O–H groups in total. The van der Waals surface area contributed by atoms with Crippen molar-refractivity contribution in [3.63, 3.8) is 0 Å². The zero-order valence-corrected chi connectivity index (χ0v) is 11.5. The van der Waals surface area contributed by atoms with Gasteiger partial charge in [-0.25, -0.2) is 4.79 Å². The molecule has 0 aromatic heterocycles. The van der Waals surface area contributed by atoms with E-state index in [1.54, 1.807) is 0 Å². The van der Waals surface area contributed by atoms with Crippen LogP contribution >= 0.6 is 11.6 Å². The molecule has 3 rings (SSSR count). The molecular formula is C14H12ClNO4. The van der Waals surface area contributed by atoms with Gasteiger partial charge in [-0.2, -0.15) is 0 Å². The Balaban J connectivity index is 1.99. The van der Waals surface area contributed by atoms with E-state index >= 15 is 0 Å². The van der Waals surface area contributed by atoms with Gasteiger partial charge in [-0.05, 0) is 18.1 Å². The van der Waals surface area contributed by atoms with Gasteiger partial charge in [0.1, 0.15) is 5.70 Å². The lowest BCUT2D eigenvalue weighted by molar-refractivity contribution is -0.172. The van der Waals surface area contributed by atoms with Crippen LogP contribution in [0.2, 0.25) is 0 Å². The standard InChI is InChI=1S/C14H12ClNO4/c1-8(17)19-14-12(11(15)13(18)20-14)16-7-6-9-4-2-3-5-10(9)16/h2-5,14H,6-7H2,1H3. The number of carbonyl (C=O) groups is 2. The van der Waals surface area contributed by atoms with Gasteiger partial charge in [0.15, 0.2) is 5.03 Å². The minimum absolute atomic E-state index is 0.0343. The fourth-order valence-electron chi connectivity index (χ4n) is 2.48. The molecule has 0 bridgehead atoms. The first-order valence-electron chi connectivity index (χ1n) is 6.21. The highest BCUT2D eigenvalue weighted by atomic mass is 35.5. The summed E-state index contributed by atoms with van der Waals surface area (Å²) in [7, 11) is 0. The van der Waals surface area contributed by atoms with Gasteiger partial charge in [-0.1, -0.05) is 29.8 Å². The minimum atomic E-state index is -1.07. The average Bonchev–Trinajstić information content (AvgIpc) is 2.92. The van der Waals surface area contributed by atoms with E-state index in [1.807, 2.05) is 29.2 Å². The number of rotatable bonds is 2. The summed E-state index contributed by atoms with van der Waals surface area (Å²) < 4.78 is 10.0. The molecule has 0 spiro atoms. The summed E-state index contributed by atoms with van der Waals surface area (Å²) in [6, 6.07) is 7.82. The van der Waals surface area contributed by atoms with Gasteiger partial charge in [-0.15, -0.1) is 0 Å². The summed E-state index contributed by atoms with van der Waals surface area (Å²) in [5, 5.41) is -0.0343. The van der Waals surface area contributed by atoms with Crippen molar-refractivity contribution < 1.29 is 19.1 Å². The molecule has 20 heavy (non-hydrogen) atoms. The van der Waals surface area contributed by atoms with E-state index in [2.05, 4.69) is 0 Å². The lowest BCUT2D eigenvalue weighted by Gasteiger charge is -2.24. The second kappa shape index (κ2) is 4.83. The van der Waals surface area contributed by atoms with Crippen LogP contribution < -0.4 is 4.90 Å². The van der Waals surface area contributed by atoms with Gasteiger partial charge in [0.05, 0.1) is 0 Å². The van der Waals surface area contributed by atoms with Crippen molar-refractivity contribution in [1.82, 2.24) is 0 Å². The topological polar surface area (TPSA) is 55.8 Å². The van der Waals surface area contributed by atoms with Gasteiger partial charge >= 0.3 is 11.9 Å². The molecule has 5 nitrogen and oxygen atoms in total. The fraction of sp³-hybridized carbons (Fsp3) is 0.286. The Morgan fingerprint density at radius 3 is 2.95 bits per heavy atom. The summed E-state index contributed by atoms with van der Waals surface area (Å²) in [4.78, 5) is 24.6. The van der Waals surface area contributed by atoms with Crippen molar-refractivity contribution in [1.29, 1.82) is 0 Å². The number of para-hydroxylation sites is 1. The summed E-state index contributed by atoms with van der Waals surface area (Å²) >= 11 is 6.03. The number of benzene rings is 1. The third-order valence-corrected chi connectivity index (χ3v) is 3.64. The predicted octanol–water partition coefficient (Wildman–Crippen LogP) is 1.95. The number of fused-ring (bicyclic) bond motifs is 1. The van der Waals surface area contributed by atoms with Crippen molar-refractivity contribution in [3.05, 3.63) is 40.6 Å². The molecule has 104 valence electrons. The molecule has 2 aliphatic rings. The van der Waals surface area contributed by atoms with E-state index in [0.29, 0.717) is 12.2 Å². The van der Waals surface area contributed by atoms with Crippen LogP contribution in [0.15, 0.2) is 35.0 Å². The van der Waals surface area contributed by atoms with Crippen LogP contribution in [-0.2, 0) is 25.5 Å². The van der Waals surface area contributed by atoms with Crippen molar-refractivity contribution in [2.75, 3.05) is 11.4 Å². The molecule has 0 aliphatic carbocycles. The maximum atomic E-state index is 11.6. The van der Waals surface area contributed by atoms with E-state index in [1.165, 1.54) is 6.92 Å². The summed E-state index contributed by atoms with van der Waals surface area (Å²) in [6.45, 7) is 1.93. The van der Waals surface area contributed by atoms with Crippen LogP contribution in [0.1, 0.15) is 12.5 Å². The zero-order valence-electron chi connectivity index (χ0n) is 10.8. The number of hydrogen-bond acceptors (Lipinski definition) is 5. The molecule has 1 atom stereocenters. The molecule has 0 fully saturated rings. The van der Waals surface area contributed by atoms with Crippen molar-refractivity contribution >= 4 is 29.2 Å². The summed E-state index contributed by atoms with van der Waals surface area (Å²) in [6.07, 6.45) is -0.233. The maximum Gasteiger partial charge on any atom is 0.355 e. The van der Waals surface area contributed by atoms with Gasteiger partial charge in [0.2, 0.25) is 0 Å². The van der Waals surface area contributed by atoms with E-state index in [9.17, 15) is 9.59 Å². The lowest BCUT2D eigenvalue weighted by Crippen LogP contribution is -2.30. The second-order valence-electron chi connectivity index (χ2n) is 4.58. The highest BCUT2D eigenvalue weighted by Gasteiger charge is 2.41. The number of anilines is 1. The third kappa shape index (κ3) is 2.04. The quantitative estimate of drug-likeness (QED) is 0.780. The molecule has 0 saturated heterocycles. The first-order chi connectivity index (χ1) is 9.58. The highest BCUT2D eigenvalue weighted by molar-refractivity contribution is 6.42. The smallest absolute Gasteiger partial charge is 0.355 e. The lowest BCUT2D eigenvalue weighted by atomic mass is 10.2. The predicted molar refractivity (Wildman–Crippen MR) is 72.0 cm³/mol. The minimum Gasteiger partial charge on any atom is -0.419 e. The second-order valence-corrected chi connectivity index (χ2v) is 4.95. The number of nitrogens with zero attached hydrogens (tertiary/aromatic N) is 1. The van der Waals surface area contributed by atoms with E-state index < -0.39 is 18.2 Å². The van der Waals surface area contributed by atoms with Crippen LogP contribution in [0.25, 0.3) is 0 Å². The molecular weight excluding hydrogens is 282 g/mol. The summed E-state index contributed by atoms with van der Waals surface area (Å²) in [5.74, 6) is -1.20. The van der Waals surface area contributed by atoms with Gasteiger partial charge in [0.25, 0.3) is 6.29 Å². The largest absolute Gasteiger partial charge is 0.419 e. The molecule has 0 radical (unpaired) electrons. The molecule has 1 unspecified atom stereocenters. The Hall–Kier alpha value is -2.01. The third-order valence-electron chi connectivity index (χ3n) is 3.29. The number of hydrogen-bond donors (Lipinski definition) is 0. The highest BCUT2D eigenvalue weighted by Crippen LogP contribution is 2.37. The van der Waals surface area contributed by atoms with Crippen LogP contribution in [0.4, 0.5) is 5.69 Å². The summed E-state index contributed by atoms with van der Waals surface area (Å²) in [5.41, 5.74) is 2.51. The molecule has 2 aliphatic heterocycles. The Labute approximate surface area is 120 Å². The number of halogens is 1. The Kier molecular flexibility index (Phi) is 3.14. The van der Waals surface area contributed by atoms with Crippen LogP contribution in [0.3, 0.4) is 0 Å². The molecule has 6 heteroatoms. The molecule has 1 aromatic rings. The normalized spacial score (nSPS) is 21.0. The SMILES string of the molecule is CC(=O)OC1OC(=O)C(Cl)=C1N1CCc2ccccc21. The van der Waals surface area contributed by atoms with Crippen LogP contribution in [0, 0.1) is 0 Å². The Bertz CT molecular complexity index is 625. The van der Waals surface area contributed by atoms with E-state index in [-0.39, 0.29) is 5.03 Å². The first-order valence-corrected chi connectivity index (χ1v) is 6.59. The van der Waals surface area contributed by atoms with Crippen LogP contribution in [0.5, 0.6) is 0 Å². The van der Waals surface area contributed by atoms with Crippen molar-refractivity contribution in [2.24, 2.45) is 0 Å². The molecule has 1 aromatic carbocycles. The van der Waals surface area contributed by atoms with Gasteiger partial charge in [-0.3, -0.25) is 4.79 Å². The Morgan fingerprint density at radius 2 is 2.20 bits per heavy atom. The number of cyclic esters (lactones) is 1. The zero-order chi connectivity index (χ0) is 14.3. The van der Waals surface area contributed by atoms with E-state index in [0.717, 1.165) is 17.7 Å². The maximum absolute atomic E-state index is 11.6. The van der Waals surface area contributed by atoms with Crippen molar-refractivity contribution in [3.8, 4) is 0 Å². The molecule has 0 amide bonds. The monoisotopic (exact) mass is 293 g/mol. The first kappa shape index (κ1) is 13.0. The van der Waals surface area contributed by atoms with Gasteiger partial charge in [0, 0.05) is 19.2 Å². The van der Waals surface area contributed by atoms with Crippen molar-refractivity contribution in [2.45, 2.75) is 19.6 Å². The average molecular weight is 294 g/mol. The van der Waals surface area contributed by atoms with E-state index in [4.69, 9.17) is 21.1 Å². The van der Waals surface area contributed by atoms with Crippen LogP contribution in [-0.4, -0.2) is 24.8 Å². The molecule has 0 saturated carbocycles. The van der Waals surface area contributed by atoms with Gasteiger partial charge < -0.3 is 14.4 Å². The Morgan fingerprint density at radius 1 is 1.45 bits per heavy atom. The number of carbonyl (C=O) groups excluding carboxylic acids is 2. The number of esters is 2. The number of ether oxygens (including phenoxy) is 2. The molecule has 2 heterocycles. The fourth-order valence-corrected chi connectivity index (χ4v) is 2.71.